The Kier molecular flexibility index (Phi) is 6.29. The van der Waals surface area contributed by atoms with E-state index in [1.165, 1.54) is 19.3 Å². The van der Waals surface area contributed by atoms with E-state index in [4.69, 9.17) is 0 Å². The maximum atomic E-state index is 11.3. The van der Waals surface area contributed by atoms with Crippen LogP contribution >= 0.6 is 0 Å². The lowest BCUT2D eigenvalue weighted by atomic mass is 9.45. The molecule has 0 amide bonds. The van der Waals surface area contributed by atoms with Gasteiger partial charge in [-0.05, 0) is 78.9 Å². The lowest BCUT2D eigenvalue weighted by molar-refractivity contribution is -0.132. The van der Waals surface area contributed by atoms with E-state index in [0.717, 1.165) is 12.0 Å². The summed E-state index contributed by atoms with van der Waals surface area (Å²) in [6.07, 6.45) is 11.2. The van der Waals surface area contributed by atoms with Crippen molar-refractivity contribution in [3.8, 4) is 0 Å². The summed E-state index contributed by atoms with van der Waals surface area (Å²) in [6.45, 7) is 14.0. The van der Waals surface area contributed by atoms with Gasteiger partial charge in [0.1, 0.15) is 0 Å². The van der Waals surface area contributed by atoms with E-state index in [0.29, 0.717) is 48.3 Å². The van der Waals surface area contributed by atoms with Crippen LogP contribution in [0.25, 0.3) is 0 Å². The van der Waals surface area contributed by atoms with Crippen LogP contribution < -0.4 is 0 Å². The Balaban J connectivity index is 1.60. The summed E-state index contributed by atoms with van der Waals surface area (Å²) < 4.78 is 0. The van der Waals surface area contributed by atoms with E-state index in [1.54, 1.807) is 0 Å². The molecule has 0 aromatic rings. The smallest absolute Gasteiger partial charge is 0.0757 e. The third-order valence-corrected chi connectivity index (χ3v) is 10.7. The van der Waals surface area contributed by atoms with Crippen LogP contribution in [0.3, 0.4) is 0 Å². The largest absolute Gasteiger partial charge is 0.393 e. The number of aliphatic hydroxyl groups excluding tert-OH is 3. The summed E-state index contributed by atoms with van der Waals surface area (Å²) in [5.74, 6) is 3.56. The molecule has 0 aliphatic heterocycles. The van der Waals surface area contributed by atoms with Crippen LogP contribution in [-0.2, 0) is 0 Å². The Morgan fingerprint density at radius 1 is 0.968 bits per heavy atom. The fraction of sp³-hybridized carbons (Fsp3) is 0.857. The molecule has 0 aromatic heterocycles. The van der Waals surface area contributed by atoms with Crippen molar-refractivity contribution < 1.29 is 15.3 Å². The van der Waals surface area contributed by atoms with Gasteiger partial charge in [0.2, 0.25) is 0 Å². The van der Waals surface area contributed by atoms with E-state index < -0.39 is 18.3 Å². The fourth-order valence-corrected chi connectivity index (χ4v) is 8.31. The first-order valence-corrected chi connectivity index (χ1v) is 12.9. The van der Waals surface area contributed by atoms with Gasteiger partial charge in [-0.25, -0.2) is 0 Å². The summed E-state index contributed by atoms with van der Waals surface area (Å²) in [6, 6.07) is 0. The van der Waals surface area contributed by atoms with Gasteiger partial charge < -0.3 is 15.3 Å². The second-order valence-corrected chi connectivity index (χ2v) is 12.4. The van der Waals surface area contributed by atoms with Gasteiger partial charge >= 0.3 is 0 Å². The Morgan fingerprint density at radius 3 is 2.35 bits per heavy atom. The van der Waals surface area contributed by atoms with Gasteiger partial charge in [0.05, 0.1) is 18.3 Å². The van der Waals surface area contributed by atoms with Crippen LogP contribution in [0.1, 0.15) is 80.1 Å². The average molecular weight is 431 g/mol. The van der Waals surface area contributed by atoms with Crippen molar-refractivity contribution in [1.82, 2.24) is 0 Å². The minimum atomic E-state index is -0.511. The summed E-state index contributed by atoms with van der Waals surface area (Å²) in [5.41, 5.74) is 1.07. The molecule has 4 rings (SSSR count). The average Bonchev–Trinajstić information content (AvgIpc) is 3.05. The van der Waals surface area contributed by atoms with Crippen molar-refractivity contribution >= 4 is 0 Å². The molecule has 3 N–H and O–H groups in total. The zero-order valence-electron chi connectivity index (χ0n) is 20.6. The fourth-order valence-electron chi connectivity index (χ4n) is 8.31. The van der Waals surface area contributed by atoms with Crippen LogP contribution in [0.2, 0.25) is 0 Å². The minimum absolute atomic E-state index is 0.230. The molecular weight excluding hydrogens is 384 g/mol. The van der Waals surface area contributed by atoms with Crippen molar-refractivity contribution in [2.24, 2.45) is 52.3 Å². The molecule has 0 spiro atoms. The molecule has 4 aliphatic rings. The normalized spacial score (nSPS) is 49.4. The molecule has 4 aliphatic carbocycles. The van der Waals surface area contributed by atoms with E-state index in [1.807, 2.05) is 6.08 Å². The second kappa shape index (κ2) is 8.29. The number of allylic oxidation sites excluding steroid dienone is 2. The first-order chi connectivity index (χ1) is 14.5. The molecule has 0 radical (unpaired) electrons. The maximum Gasteiger partial charge on any atom is 0.0757 e. The van der Waals surface area contributed by atoms with E-state index in [2.05, 4.69) is 53.7 Å². The van der Waals surface area contributed by atoms with Gasteiger partial charge in [0.15, 0.2) is 0 Å². The predicted octanol–water partition coefficient (Wildman–Crippen LogP) is 5.35. The number of fused-ring (bicyclic) bond motifs is 5. The van der Waals surface area contributed by atoms with Gasteiger partial charge in [-0.1, -0.05) is 65.3 Å². The monoisotopic (exact) mass is 430 g/mol. The molecule has 3 heteroatoms. The van der Waals surface area contributed by atoms with Crippen molar-refractivity contribution in [2.75, 3.05) is 0 Å². The van der Waals surface area contributed by atoms with Gasteiger partial charge in [-0.15, -0.1) is 0 Å². The number of hydrogen-bond donors (Lipinski definition) is 3. The minimum Gasteiger partial charge on any atom is -0.393 e. The third kappa shape index (κ3) is 3.67. The van der Waals surface area contributed by atoms with Crippen LogP contribution in [0, 0.1) is 52.3 Å². The maximum absolute atomic E-state index is 11.3. The van der Waals surface area contributed by atoms with Crippen molar-refractivity contribution in [3.63, 3.8) is 0 Å². The lowest BCUT2D eigenvalue weighted by Gasteiger charge is -2.60. The number of aliphatic hydroxyl groups is 3. The van der Waals surface area contributed by atoms with E-state index in [9.17, 15) is 15.3 Å². The number of hydrogen-bond acceptors (Lipinski definition) is 3. The molecule has 3 nitrogen and oxygen atoms in total. The van der Waals surface area contributed by atoms with Crippen LogP contribution in [0.4, 0.5) is 0 Å². The second-order valence-electron chi connectivity index (χ2n) is 12.4. The molecule has 0 saturated heterocycles. The topological polar surface area (TPSA) is 60.7 Å². The van der Waals surface area contributed by atoms with Gasteiger partial charge in [0, 0.05) is 11.8 Å². The highest BCUT2D eigenvalue weighted by Crippen LogP contribution is 2.67. The van der Waals surface area contributed by atoms with Gasteiger partial charge in [0.25, 0.3) is 0 Å². The molecule has 11 atom stereocenters. The Morgan fingerprint density at radius 2 is 1.68 bits per heavy atom. The van der Waals surface area contributed by atoms with E-state index >= 15 is 0 Å². The Bertz CT molecular complexity index is 726. The van der Waals surface area contributed by atoms with Crippen molar-refractivity contribution in [3.05, 3.63) is 23.8 Å². The molecule has 1 unspecified atom stereocenters. The Hall–Kier alpha value is -0.640. The Labute approximate surface area is 190 Å². The zero-order valence-corrected chi connectivity index (χ0v) is 20.6. The molecule has 0 aromatic carbocycles. The molecule has 3 fully saturated rings. The highest BCUT2D eigenvalue weighted by Gasteiger charge is 2.62. The van der Waals surface area contributed by atoms with Crippen molar-refractivity contribution in [2.45, 2.75) is 98.4 Å². The van der Waals surface area contributed by atoms with Crippen LogP contribution in [0.15, 0.2) is 23.8 Å². The summed E-state index contributed by atoms with van der Waals surface area (Å²) in [4.78, 5) is 0. The van der Waals surface area contributed by atoms with Gasteiger partial charge in [-0.3, -0.25) is 0 Å². The highest BCUT2D eigenvalue weighted by molar-refractivity contribution is 5.30. The highest BCUT2D eigenvalue weighted by atomic mass is 16.3. The molecule has 176 valence electrons. The standard InChI is InChI=1S/C28H46O3/c1-16(2)17(3)7-8-18(4)21-9-10-22-26-23(11-12-27(21,22)5)28(6)19(14-24(26)30)13-20(29)15-25(28)31/h7-8,14,16-18,20-26,29-31H,9-13,15H2,1-6H3/b8-7+/t17?,18-,20-,21-,22+,23+,24-,25+,26+,27-,28+/m1/s1. The number of rotatable bonds is 4. The summed E-state index contributed by atoms with van der Waals surface area (Å²) in [7, 11) is 0. The molecule has 31 heavy (non-hydrogen) atoms. The van der Waals surface area contributed by atoms with E-state index in [-0.39, 0.29) is 16.7 Å². The first-order valence-electron chi connectivity index (χ1n) is 12.9. The van der Waals surface area contributed by atoms with Crippen LogP contribution in [0.5, 0.6) is 0 Å². The summed E-state index contributed by atoms with van der Waals surface area (Å²) >= 11 is 0. The molecule has 3 saturated carbocycles. The first kappa shape index (κ1) is 23.5. The SMILES string of the molecule is CC(C)C(C)/C=C/[C@@H](C)[C@H]1CC[C@H]2[C@@H]3[C@H](O)C=C4C[C@@H](O)C[C@H](O)[C@]4(C)[C@H]3CC[C@]12C. The summed E-state index contributed by atoms with van der Waals surface area (Å²) in [5, 5.41) is 32.6. The molecule has 0 heterocycles. The quantitative estimate of drug-likeness (QED) is 0.527. The molecular formula is C28H46O3. The predicted molar refractivity (Wildman–Crippen MR) is 126 cm³/mol. The lowest BCUT2D eigenvalue weighted by Crippen LogP contribution is -2.58. The zero-order chi connectivity index (χ0) is 22.7. The van der Waals surface area contributed by atoms with Gasteiger partial charge in [-0.2, -0.15) is 0 Å². The third-order valence-electron chi connectivity index (χ3n) is 10.7. The van der Waals surface area contributed by atoms with Crippen molar-refractivity contribution in [1.29, 1.82) is 0 Å². The molecule has 0 bridgehead atoms. The van der Waals surface area contributed by atoms with Crippen LogP contribution in [-0.4, -0.2) is 33.6 Å².